The monoisotopic (exact) mass is 233 g/mol. The van der Waals surface area contributed by atoms with Crippen molar-refractivity contribution in [2.24, 2.45) is 0 Å². The minimum absolute atomic E-state index is 0.00384. The van der Waals surface area contributed by atoms with Gasteiger partial charge in [0.05, 0.1) is 0 Å². The highest BCUT2D eigenvalue weighted by atomic mass is 16.2. The molecule has 2 N–H and O–H groups in total. The number of hydrogen-bond donors (Lipinski definition) is 2. The summed E-state index contributed by atoms with van der Waals surface area (Å²) in [4.78, 5) is 11.7. The fourth-order valence-electron chi connectivity index (χ4n) is 1.68. The molecule has 0 aliphatic carbocycles. The van der Waals surface area contributed by atoms with Crippen LogP contribution in [0.5, 0.6) is 0 Å². The third-order valence-electron chi connectivity index (χ3n) is 2.65. The summed E-state index contributed by atoms with van der Waals surface area (Å²) in [5.74, 6) is -0.00384. The lowest BCUT2D eigenvalue weighted by molar-refractivity contribution is 0.0953. The predicted molar refractivity (Wildman–Crippen MR) is 72.5 cm³/mol. The minimum Gasteiger partial charge on any atom is -0.396 e. The first kappa shape index (κ1) is 13.8. The van der Waals surface area contributed by atoms with Gasteiger partial charge in [0.15, 0.2) is 0 Å². The molecule has 0 aromatic heterocycles. The first-order valence-corrected chi connectivity index (χ1v) is 6.20. The largest absolute Gasteiger partial charge is 0.396 e. The van der Waals surface area contributed by atoms with Crippen molar-refractivity contribution in [2.45, 2.75) is 25.7 Å². The summed E-state index contributed by atoms with van der Waals surface area (Å²) in [7, 11) is 1.98. The van der Waals surface area contributed by atoms with Gasteiger partial charge < -0.3 is 10.4 Å². The molecular formula is C13H20BNO2. The van der Waals surface area contributed by atoms with E-state index in [1.807, 2.05) is 32.1 Å². The molecule has 3 nitrogen and oxygen atoms in total. The molecule has 0 saturated heterocycles. The van der Waals surface area contributed by atoms with Crippen LogP contribution in [0.2, 0.25) is 0 Å². The summed E-state index contributed by atoms with van der Waals surface area (Å²) in [5, 5.41) is 11.5. The van der Waals surface area contributed by atoms with Gasteiger partial charge in [-0.05, 0) is 18.9 Å². The van der Waals surface area contributed by atoms with Crippen LogP contribution in [0, 0.1) is 0 Å². The Morgan fingerprint density at radius 1 is 1.24 bits per heavy atom. The number of aliphatic hydroxyl groups excluding tert-OH is 1. The van der Waals surface area contributed by atoms with E-state index in [0.29, 0.717) is 6.54 Å². The molecule has 92 valence electrons. The highest BCUT2D eigenvalue weighted by Crippen LogP contribution is 1.99. The second-order valence-corrected chi connectivity index (χ2v) is 4.26. The van der Waals surface area contributed by atoms with E-state index >= 15 is 0 Å². The highest BCUT2D eigenvalue weighted by Gasteiger charge is 2.03. The Hall–Kier alpha value is -1.29. The van der Waals surface area contributed by atoms with Gasteiger partial charge in [-0.1, -0.05) is 36.5 Å². The number of nitrogens with one attached hydrogen (secondary N) is 1. The number of benzene rings is 1. The maximum atomic E-state index is 11.7. The van der Waals surface area contributed by atoms with Gasteiger partial charge in [0, 0.05) is 18.7 Å². The van der Waals surface area contributed by atoms with Crippen LogP contribution in [0.4, 0.5) is 0 Å². The number of amides is 1. The van der Waals surface area contributed by atoms with E-state index in [-0.39, 0.29) is 12.5 Å². The Kier molecular flexibility index (Phi) is 6.41. The van der Waals surface area contributed by atoms with Gasteiger partial charge >= 0.3 is 0 Å². The fourth-order valence-corrected chi connectivity index (χ4v) is 1.68. The molecule has 4 heteroatoms. The van der Waals surface area contributed by atoms with E-state index < -0.39 is 0 Å². The van der Waals surface area contributed by atoms with E-state index in [4.69, 9.17) is 5.11 Å². The van der Waals surface area contributed by atoms with Gasteiger partial charge in [0.1, 0.15) is 7.85 Å². The Morgan fingerprint density at radius 2 is 2.00 bits per heavy atom. The van der Waals surface area contributed by atoms with Crippen molar-refractivity contribution in [3.8, 4) is 0 Å². The van der Waals surface area contributed by atoms with E-state index in [2.05, 4.69) is 5.32 Å². The summed E-state index contributed by atoms with van der Waals surface area (Å²) >= 11 is 0. The number of rotatable bonds is 7. The van der Waals surface area contributed by atoms with Gasteiger partial charge in [-0.2, -0.15) is 0 Å². The van der Waals surface area contributed by atoms with Crippen LogP contribution in [0.1, 0.15) is 36.0 Å². The summed E-state index contributed by atoms with van der Waals surface area (Å²) < 4.78 is 0. The van der Waals surface area contributed by atoms with Gasteiger partial charge in [-0.15, -0.1) is 0 Å². The van der Waals surface area contributed by atoms with Crippen LogP contribution < -0.4 is 10.8 Å². The number of carbonyl (C=O) groups excluding carboxylic acids is 1. The van der Waals surface area contributed by atoms with Gasteiger partial charge in [0.2, 0.25) is 0 Å². The van der Waals surface area contributed by atoms with Crippen molar-refractivity contribution in [2.75, 3.05) is 13.2 Å². The van der Waals surface area contributed by atoms with Gasteiger partial charge in [0.25, 0.3) is 5.91 Å². The van der Waals surface area contributed by atoms with Crippen LogP contribution in [0.15, 0.2) is 24.3 Å². The summed E-state index contributed by atoms with van der Waals surface area (Å²) in [5.41, 5.74) is 1.82. The third-order valence-corrected chi connectivity index (χ3v) is 2.65. The Labute approximate surface area is 104 Å². The maximum Gasteiger partial charge on any atom is 0.251 e. The molecule has 0 aliphatic heterocycles. The SMILES string of the molecule is Bc1cccc(C(=O)NCCCCCCO)c1. The molecule has 1 aromatic carbocycles. The molecule has 0 radical (unpaired) electrons. The molecular weight excluding hydrogens is 213 g/mol. The lowest BCUT2D eigenvalue weighted by Gasteiger charge is -2.05. The molecule has 1 aromatic rings. The number of aliphatic hydroxyl groups is 1. The Bertz CT molecular complexity index is 355. The van der Waals surface area contributed by atoms with Crippen molar-refractivity contribution >= 4 is 19.2 Å². The van der Waals surface area contributed by atoms with Crippen LogP contribution in [-0.4, -0.2) is 32.0 Å². The smallest absolute Gasteiger partial charge is 0.251 e. The topological polar surface area (TPSA) is 49.3 Å². The molecule has 0 atom stereocenters. The maximum absolute atomic E-state index is 11.7. The van der Waals surface area contributed by atoms with Gasteiger partial charge in [-0.25, -0.2) is 0 Å². The highest BCUT2D eigenvalue weighted by molar-refractivity contribution is 6.32. The van der Waals surface area contributed by atoms with E-state index in [9.17, 15) is 4.79 Å². The lowest BCUT2D eigenvalue weighted by Crippen LogP contribution is -2.25. The second-order valence-electron chi connectivity index (χ2n) is 4.26. The van der Waals surface area contributed by atoms with Crippen LogP contribution in [-0.2, 0) is 0 Å². The average Bonchev–Trinajstić information content (AvgIpc) is 2.33. The third kappa shape index (κ3) is 5.54. The molecule has 0 saturated carbocycles. The molecule has 1 rings (SSSR count). The first-order chi connectivity index (χ1) is 8.24. The molecule has 0 fully saturated rings. The zero-order valence-corrected chi connectivity index (χ0v) is 10.4. The molecule has 0 aliphatic rings. The first-order valence-electron chi connectivity index (χ1n) is 6.20. The molecule has 0 unspecified atom stereocenters. The van der Waals surface area contributed by atoms with Gasteiger partial charge in [-0.3, -0.25) is 4.79 Å². The predicted octanol–water partition coefficient (Wildman–Crippen LogP) is 0.227. The number of hydrogen-bond acceptors (Lipinski definition) is 2. The number of carbonyl (C=O) groups is 1. The molecule has 17 heavy (non-hydrogen) atoms. The second kappa shape index (κ2) is 7.90. The zero-order chi connectivity index (χ0) is 12.5. The zero-order valence-electron chi connectivity index (χ0n) is 10.4. The standard InChI is InChI=1S/C13H20BNO2/c14-12-7-5-6-11(10-12)13(17)15-8-3-1-2-4-9-16/h5-7,10,16H,1-4,8-9,14H2,(H,15,17). The van der Waals surface area contributed by atoms with Crippen LogP contribution >= 0.6 is 0 Å². The van der Waals surface area contributed by atoms with Crippen molar-refractivity contribution in [1.82, 2.24) is 5.32 Å². The van der Waals surface area contributed by atoms with Crippen molar-refractivity contribution in [3.05, 3.63) is 29.8 Å². The number of unbranched alkanes of at least 4 members (excludes halogenated alkanes) is 3. The van der Waals surface area contributed by atoms with E-state index in [1.165, 1.54) is 0 Å². The lowest BCUT2D eigenvalue weighted by atomic mass is 9.94. The fraction of sp³-hybridized carbons (Fsp3) is 0.462. The Balaban J connectivity index is 2.21. The van der Waals surface area contributed by atoms with Crippen molar-refractivity contribution < 1.29 is 9.90 Å². The minimum atomic E-state index is -0.00384. The van der Waals surface area contributed by atoms with E-state index in [1.54, 1.807) is 0 Å². The summed E-state index contributed by atoms with van der Waals surface area (Å²) in [6, 6.07) is 7.59. The summed E-state index contributed by atoms with van der Waals surface area (Å²) in [6.07, 6.45) is 3.90. The van der Waals surface area contributed by atoms with Crippen LogP contribution in [0.3, 0.4) is 0 Å². The summed E-state index contributed by atoms with van der Waals surface area (Å²) in [6.45, 7) is 0.966. The average molecular weight is 233 g/mol. The molecule has 0 bridgehead atoms. The van der Waals surface area contributed by atoms with Crippen LogP contribution in [0.25, 0.3) is 0 Å². The quantitative estimate of drug-likeness (QED) is 0.523. The molecule has 0 heterocycles. The Morgan fingerprint density at radius 3 is 2.71 bits per heavy atom. The van der Waals surface area contributed by atoms with Crippen molar-refractivity contribution in [3.63, 3.8) is 0 Å². The molecule has 1 amide bonds. The van der Waals surface area contributed by atoms with E-state index in [0.717, 1.165) is 36.7 Å². The van der Waals surface area contributed by atoms with Crippen molar-refractivity contribution in [1.29, 1.82) is 0 Å². The molecule has 0 spiro atoms. The normalized spacial score (nSPS) is 10.2.